The first kappa shape index (κ1) is 18.7. The number of benzene rings is 2. The van der Waals surface area contributed by atoms with Gasteiger partial charge in [0.05, 0.1) is 11.4 Å². The average Bonchev–Trinajstić information content (AvgIpc) is 3.00. The van der Waals surface area contributed by atoms with Crippen molar-refractivity contribution in [3.8, 4) is 17.2 Å². The van der Waals surface area contributed by atoms with Crippen LogP contribution in [0.25, 0.3) is 0 Å². The molecule has 0 spiro atoms. The van der Waals surface area contributed by atoms with E-state index >= 15 is 0 Å². The van der Waals surface area contributed by atoms with Crippen molar-refractivity contribution in [1.29, 1.82) is 0 Å². The molecule has 1 amide bonds. The summed E-state index contributed by atoms with van der Waals surface area (Å²) in [5.74, 6) is 1.94. The summed E-state index contributed by atoms with van der Waals surface area (Å²) >= 11 is 0. The maximum atomic E-state index is 12.0. The molecule has 0 unspecified atom stereocenters. The second-order valence-corrected chi connectivity index (χ2v) is 5.85. The standard InChI is InChI=1S/C18H20N2O4.ClH/c1-11(2)12-3-5-13(6-4-12)22-9-18(21)20-15-8-17-16(7-14(15)19)23-10-24-17;/h3-8,11H,9-10,19H2,1-2H3,(H,20,21);1H. The van der Waals surface area contributed by atoms with Crippen molar-refractivity contribution < 1.29 is 19.0 Å². The Labute approximate surface area is 152 Å². The maximum Gasteiger partial charge on any atom is 0.262 e. The summed E-state index contributed by atoms with van der Waals surface area (Å²) < 4.78 is 16.0. The van der Waals surface area contributed by atoms with E-state index < -0.39 is 0 Å². The van der Waals surface area contributed by atoms with Gasteiger partial charge in [-0.15, -0.1) is 12.4 Å². The highest BCUT2D eigenvalue weighted by Crippen LogP contribution is 2.38. The van der Waals surface area contributed by atoms with E-state index in [0.29, 0.717) is 34.5 Å². The van der Waals surface area contributed by atoms with Gasteiger partial charge >= 0.3 is 0 Å². The molecule has 0 atom stereocenters. The fourth-order valence-corrected chi connectivity index (χ4v) is 2.35. The van der Waals surface area contributed by atoms with Crippen LogP contribution in [-0.4, -0.2) is 19.3 Å². The second-order valence-electron chi connectivity index (χ2n) is 5.85. The molecule has 134 valence electrons. The molecule has 1 heterocycles. The van der Waals surface area contributed by atoms with Gasteiger partial charge in [-0.05, 0) is 23.6 Å². The van der Waals surface area contributed by atoms with E-state index in [0.717, 1.165) is 0 Å². The molecule has 0 bridgehead atoms. The quantitative estimate of drug-likeness (QED) is 0.792. The maximum absolute atomic E-state index is 12.0. The Hall–Kier alpha value is -2.60. The number of nitrogens with one attached hydrogen (secondary N) is 1. The van der Waals surface area contributed by atoms with Crippen LogP contribution in [0.5, 0.6) is 17.2 Å². The SMILES string of the molecule is CC(C)c1ccc(OCC(=O)Nc2cc3c(cc2N)OCO3)cc1.Cl. The number of nitrogens with two attached hydrogens (primary N) is 1. The van der Waals surface area contributed by atoms with Crippen LogP contribution in [-0.2, 0) is 4.79 Å². The third kappa shape index (κ3) is 4.48. The zero-order valence-electron chi connectivity index (χ0n) is 14.1. The number of hydrogen-bond donors (Lipinski definition) is 2. The number of amides is 1. The summed E-state index contributed by atoms with van der Waals surface area (Å²) in [6, 6.07) is 11.0. The molecule has 3 N–H and O–H groups in total. The number of anilines is 2. The highest BCUT2D eigenvalue weighted by molar-refractivity contribution is 5.95. The minimum Gasteiger partial charge on any atom is -0.484 e. The number of ether oxygens (including phenoxy) is 3. The van der Waals surface area contributed by atoms with Gasteiger partial charge in [0, 0.05) is 12.1 Å². The van der Waals surface area contributed by atoms with Crippen molar-refractivity contribution >= 4 is 29.7 Å². The Bertz CT molecular complexity index is 747. The summed E-state index contributed by atoms with van der Waals surface area (Å²) in [4.78, 5) is 12.0. The van der Waals surface area contributed by atoms with Gasteiger partial charge in [0.15, 0.2) is 18.1 Å². The van der Waals surface area contributed by atoms with E-state index in [9.17, 15) is 4.79 Å². The number of halogens is 1. The molecular formula is C18H21ClN2O4. The second kappa shape index (κ2) is 7.98. The molecule has 6 nitrogen and oxygen atoms in total. The molecule has 0 saturated heterocycles. The number of rotatable bonds is 5. The summed E-state index contributed by atoms with van der Waals surface area (Å²) in [5, 5.41) is 2.72. The summed E-state index contributed by atoms with van der Waals surface area (Å²) in [7, 11) is 0. The van der Waals surface area contributed by atoms with Gasteiger partial charge in [-0.2, -0.15) is 0 Å². The summed E-state index contributed by atoms with van der Waals surface area (Å²) in [6.07, 6.45) is 0. The van der Waals surface area contributed by atoms with Gasteiger partial charge < -0.3 is 25.3 Å². The van der Waals surface area contributed by atoms with Crippen molar-refractivity contribution in [2.75, 3.05) is 24.5 Å². The van der Waals surface area contributed by atoms with Crippen LogP contribution in [0.4, 0.5) is 11.4 Å². The third-order valence-electron chi connectivity index (χ3n) is 3.74. The fraction of sp³-hybridized carbons (Fsp3) is 0.278. The Kier molecular flexibility index (Phi) is 5.98. The number of carbonyl (C=O) groups is 1. The number of hydrogen-bond acceptors (Lipinski definition) is 5. The molecule has 0 radical (unpaired) electrons. The number of fused-ring (bicyclic) bond motifs is 1. The predicted molar refractivity (Wildman–Crippen MR) is 98.9 cm³/mol. The van der Waals surface area contributed by atoms with E-state index in [1.165, 1.54) is 5.56 Å². The van der Waals surface area contributed by atoms with Crippen LogP contribution in [0.2, 0.25) is 0 Å². The summed E-state index contributed by atoms with van der Waals surface area (Å²) in [6.45, 7) is 4.30. The van der Waals surface area contributed by atoms with E-state index in [1.54, 1.807) is 12.1 Å². The predicted octanol–water partition coefficient (Wildman–Crippen LogP) is 3.56. The minimum absolute atomic E-state index is 0. The van der Waals surface area contributed by atoms with Gasteiger partial charge in [0.25, 0.3) is 5.91 Å². The van der Waals surface area contributed by atoms with Crippen LogP contribution in [0.15, 0.2) is 36.4 Å². The van der Waals surface area contributed by atoms with E-state index in [2.05, 4.69) is 19.2 Å². The normalized spacial score (nSPS) is 11.8. The lowest BCUT2D eigenvalue weighted by Gasteiger charge is -2.11. The Morgan fingerprint density at radius 2 is 1.84 bits per heavy atom. The van der Waals surface area contributed by atoms with Crippen LogP contribution < -0.4 is 25.3 Å². The smallest absolute Gasteiger partial charge is 0.262 e. The van der Waals surface area contributed by atoms with Crippen LogP contribution in [0.3, 0.4) is 0 Å². The van der Waals surface area contributed by atoms with Gasteiger partial charge in [0.1, 0.15) is 5.75 Å². The number of nitrogen functional groups attached to an aromatic ring is 1. The van der Waals surface area contributed by atoms with Crippen molar-refractivity contribution in [2.24, 2.45) is 0 Å². The van der Waals surface area contributed by atoms with Gasteiger partial charge in [-0.25, -0.2) is 0 Å². The Morgan fingerprint density at radius 3 is 2.48 bits per heavy atom. The minimum atomic E-state index is -0.298. The van der Waals surface area contributed by atoms with Crippen molar-refractivity contribution in [1.82, 2.24) is 0 Å². The molecule has 1 aliphatic rings. The molecular weight excluding hydrogens is 344 g/mol. The van der Waals surface area contributed by atoms with Gasteiger partial charge in [-0.3, -0.25) is 4.79 Å². The van der Waals surface area contributed by atoms with E-state index in [4.69, 9.17) is 19.9 Å². The monoisotopic (exact) mass is 364 g/mol. The van der Waals surface area contributed by atoms with Crippen LogP contribution >= 0.6 is 12.4 Å². The first-order valence-electron chi connectivity index (χ1n) is 7.74. The van der Waals surface area contributed by atoms with E-state index in [1.807, 2.05) is 24.3 Å². The lowest BCUT2D eigenvalue weighted by Crippen LogP contribution is -2.20. The zero-order valence-corrected chi connectivity index (χ0v) is 14.9. The topological polar surface area (TPSA) is 82.8 Å². The highest BCUT2D eigenvalue weighted by atomic mass is 35.5. The first-order chi connectivity index (χ1) is 11.5. The van der Waals surface area contributed by atoms with Crippen molar-refractivity contribution in [3.05, 3.63) is 42.0 Å². The Balaban J connectivity index is 0.00000225. The molecule has 2 aromatic rings. The average molecular weight is 365 g/mol. The first-order valence-corrected chi connectivity index (χ1v) is 7.74. The largest absolute Gasteiger partial charge is 0.484 e. The lowest BCUT2D eigenvalue weighted by molar-refractivity contribution is -0.118. The third-order valence-corrected chi connectivity index (χ3v) is 3.74. The van der Waals surface area contributed by atoms with Crippen LogP contribution in [0, 0.1) is 0 Å². The summed E-state index contributed by atoms with van der Waals surface area (Å²) in [5.41, 5.74) is 8.01. The number of carbonyl (C=O) groups excluding carboxylic acids is 1. The molecule has 1 aliphatic heterocycles. The van der Waals surface area contributed by atoms with Crippen LogP contribution in [0.1, 0.15) is 25.3 Å². The molecule has 0 aliphatic carbocycles. The zero-order chi connectivity index (χ0) is 17.1. The van der Waals surface area contributed by atoms with Gasteiger partial charge in [0.2, 0.25) is 6.79 Å². The molecule has 0 saturated carbocycles. The van der Waals surface area contributed by atoms with Crippen molar-refractivity contribution in [2.45, 2.75) is 19.8 Å². The molecule has 0 fully saturated rings. The molecule has 2 aromatic carbocycles. The molecule has 3 rings (SSSR count). The fourth-order valence-electron chi connectivity index (χ4n) is 2.35. The van der Waals surface area contributed by atoms with Crippen molar-refractivity contribution in [3.63, 3.8) is 0 Å². The highest BCUT2D eigenvalue weighted by Gasteiger charge is 2.17. The van der Waals surface area contributed by atoms with E-state index in [-0.39, 0.29) is 31.7 Å². The van der Waals surface area contributed by atoms with Gasteiger partial charge in [-0.1, -0.05) is 26.0 Å². The molecule has 0 aromatic heterocycles. The molecule has 25 heavy (non-hydrogen) atoms. The lowest BCUT2D eigenvalue weighted by atomic mass is 10.0. The molecule has 7 heteroatoms. The Morgan fingerprint density at radius 1 is 1.20 bits per heavy atom.